The van der Waals surface area contributed by atoms with Crippen molar-refractivity contribution in [1.82, 2.24) is 0 Å². The van der Waals surface area contributed by atoms with Gasteiger partial charge in [0, 0.05) is 5.41 Å². The molecule has 2 fully saturated rings. The molecule has 110 valence electrons. The van der Waals surface area contributed by atoms with E-state index in [1.165, 1.54) is 12.8 Å². The molecule has 4 unspecified atom stereocenters. The van der Waals surface area contributed by atoms with Crippen LogP contribution in [0.15, 0.2) is 0 Å². The molecule has 2 rings (SSSR count). The molecule has 5 N–H and O–H groups in total. The molecule has 2 saturated carbocycles. The van der Waals surface area contributed by atoms with Gasteiger partial charge in [-0.2, -0.15) is 0 Å². The molecule has 0 aliphatic heterocycles. The van der Waals surface area contributed by atoms with Gasteiger partial charge in [0.1, 0.15) is 6.04 Å². The summed E-state index contributed by atoms with van der Waals surface area (Å²) in [7, 11) is 20.0. The molecule has 2 aliphatic carbocycles. The van der Waals surface area contributed by atoms with Gasteiger partial charge in [-0.3, -0.25) is 0 Å². The summed E-state index contributed by atoms with van der Waals surface area (Å²) >= 11 is -3.00. The molecule has 0 aromatic rings. The summed E-state index contributed by atoms with van der Waals surface area (Å²) in [5.41, 5.74) is 11.2. The molecule has 2 nitrogen and oxygen atoms in total. The first-order valence-electron chi connectivity index (χ1n) is 5.45. The van der Waals surface area contributed by atoms with E-state index in [0.717, 1.165) is 0 Å². The zero-order valence-corrected chi connectivity index (χ0v) is 15.4. The molecular formula is C10H21AuCl4N2. The van der Waals surface area contributed by atoms with Gasteiger partial charge in [0.05, 0.1) is 6.04 Å². The van der Waals surface area contributed by atoms with E-state index >= 15 is 0 Å². The van der Waals surface area contributed by atoms with E-state index in [1.54, 1.807) is 0 Å². The summed E-state index contributed by atoms with van der Waals surface area (Å²) in [6.45, 7) is 7.11. The van der Waals surface area contributed by atoms with E-state index in [1.807, 2.05) is 0 Å². The van der Waals surface area contributed by atoms with Crippen molar-refractivity contribution in [3.05, 3.63) is 0 Å². The van der Waals surface area contributed by atoms with Crippen molar-refractivity contribution in [3.63, 3.8) is 0 Å². The summed E-state index contributed by atoms with van der Waals surface area (Å²) in [6.07, 6.45) is 2.64. The molecule has 17 heavy (non-hydrogen) atoms. The number of fused-ring (bicyclic) bond motifs is 2. The average molecular weight is 508 g/mol. The third-order valence-electron chi connectivity index (χ3n) is 5.12. The van der Waals surface area contributed by atoms with Crippen LogP contribution in [0.1, 0.15) is 33.6 Å². The Balaban J connectivity index is 0.000000249. The fraction of sp³-hybridized carbons (Fsp3) is 1.00. The molecule has 0 spiro atoms. The summed E-state index contributed by atoms with van der Waals surface area (Å²) < 4.78 is 0. The molecular weight excluding hydrogens is 487 g/mol. The quantitative estimate of drug-likeness (QED) is 0.486. The van der Waals surface area contributed by atoms with Crippen molar-refractivity contribution in [3.8, 4) is 0 Å². The Bertz CT molecular complexity index is 289. The zero-order chi connectivity index (χ0) is 13.6. The zero-order valence-electron chi connectivity index (χ0n) is 10.2. The van der Waals surface area contributed by atoms with Crippen LogP contribution < -0.4 is 11.5 Å². The van der Waals surface area contributed by atoms with Crippen molar-refractivity contribution in [2.45, 2.75) is 45.7 Å². The van der Waals surface area contributed by atoms with Crippen molar-refractivity contribution in [2.75, 3.05) is 0 Å². The van der Waals surface area contributed by atoms with Crippen LogP contribution in [0.25, 0.3) is 0 Å². The van der Waals surface area contributed by atoms with Crippen LogP contribution in [-0.2, 0) is 12.8 Å². The number of halogens is 4. The molecule has 0 heterocycles. The fourth-order valence-corrected chi connectivity index (χ4v) is 3.60. The van der Waals surface area contributed by atoms with Gasteiger partial charge in [-0.05, 0) is 24.2 Å². The number of nitrogens with two attached hydrogens (primary N) is 1. The first-order valence-corrected chi connectivity index (χ1v) is 16.2. The third kappa shape index (κ3) is 3.29. The minimum absolute atomic E-state index is 0.346. The summed E-state index contributed by atoms with van der Waals surface area (Å²) in [6, 6.07) is 0.810. The first-order chi connectivity index (χ1) is 7.41. The minimum atomic E-state index is -3.00. The van der Waals surface area contributed by atoms with Crippen LogP contribution in [0.5, 0.6) is 0 Å². The maximum absolute atomic E-state index is 6.16. The van der Waals surface area contributed by atoms with Gasteiger partial charge in [0.25, 0.3) is 0 Å². The van der Waals surface area contributed by atoms with Gasteiger partial charge in [0.15, 0.2) is 0 Å². The van der Waals surface area contributed by atoms with Crippen LogP contribution in [0.3, 0.4) is 0 Å². The Morgan fingerprint density at radius 1 is 1.18 bits per heavy atom. The molecule has 0 aromatic heterocycles. The normalized spacial score (nSPS) is 44.2. The Morgan fingerprint density at radius 2 is 1.59 bits per heavy atom. The van der Waals surface area contributed by atoms with E-state index in [9.17, 15) is 0 Å². The van der Waals surface area contributed by atoms with Crippen molar-refractivity contribution in [2.24, 2.45) is 22.5 Å². The van der Waals surface area contributed by atoms with Crippen LogP contribution >= 0.6 is 36.8 Å². The van der Waals surface area contributed by atoms with Crippen molar-refractivity contribution in [1.29, 1.82) is 0 Å². The second kappa shape index (κ2) is 5.31. The van der Waals surface area contributed by atoms with Crippen molar-refractivity contribution < 1.29 is 18.5 Å². The van der Waals surface area contributed by atoms with E-state index in [-0.39, 0.29) is 0 Å². The van der Waals surface area contributed by atoms with Gasteiger partial charge in [-0.1, -0.05) is 20.8 Å². The maximum atomic E-state index is 6.16. The topological polar surface area (TPSA) is 53.7 Å². The van der Waals surface area contributed by atoms with E-state index < -0.39 is 12.8 Å². The summed E-state index contributed by atoms with van der Waals surface area (Å²) in [5, 5.41) is 0. The SMILES string of the molecule is CC1(C)C2CCC1(C)C([NH3+])C2N.[Cl][Au-]([Cl])([Cl])[Cl]. The molecule has 2 aliphatic rings. The van der Waals surface area contributed by atoms with Crippen LogP contribution in [-0.4, -0.2) is 12.1 Å². The Morgan fingerprint density at radius 3 is 1.76 bits per heavy atom. The number of hydrogen-bond donors (Lipinski definition) is 2. The predicted molar refractivity (Wildman–Crippen MR) is 72.7 cm³/mol. The number of quaternary nitrogens is 1. The molecule has 7 heteroatoms. The van der Waals surface area contributed by atoms with Crippen LogP contribution in [0.2, 0.25) is 0 Å². The molecule has 0 saturated heterocycles. The van der Waals surface area contributed by atoms with Gasteiger partial charge < -0.3 is 11.5 Å². The van der Waals surface area contributed by atoms with Crippen LogP contribution in [0, 0.1) is 16.7 Å². The third-order valence-corrected chi connectivity index (χ3v) is 5.12. The predicted octanol–water partition coefficient (Wildman–Crippen LogP) is 3.14. The molecule has 4 atom stereocenters. The van der Waals surface area contributed by atoms with E-state index in [2.05, 4.69) is 26.5 Å². The standard InChI is InChI=1S/C10H20N2.Au.4ClH/c1-9(2)6-4-5-10(9,3)8(12)7(6)11;;;;;/h6-8H,4-5,11-12H2,1-3H3;;4*1H/q;+3;;;;/p-3. The Hall–Kier alpha value is 1.82. The van der Waals surface area contributed by atoms with Gasteiger partial charge >= 0.3 is 49.6 Å². The molecule has 0 amide bonds. The van der Waals surface area contributed by atoms with Gasteiger partial charge in [-0.25, -0.2) is 0 Å². The van der Waals surface area contributed by atoms with Crippen molar-refractivity contribution >= 4 is 36.8 Å². The Kier molecular flexibility index (Phi) is 5.27. The van der Waals surface area contributed by atoms with E-state index in [4.69, 9.17) is 42.5 Å². The van der Waals surface area contributed by atoms with Crippen LogP contribution in [0.4, 0.5) is 0 Å². The first kappa shape index (κ1) is 16.9. The Labute approximate surface area is 122 Å². The van der Waals surface area contributed by atoms with Gasteiger partial charge in [-0.15, -0.1) is 0 Å². The average Bonchev–Trinajstić information content (AvgIpc) is 2.39. The van der Waals surface area contributed by atoms with E-state index in [0.29, 0.717) is 28.8 Å². The fourth-order valence-electron chi connectivity index (χ4n) is 3.60. The number of hydrogen-bond acceptors (Lipinski definition) is 1. The second-order valence-corrected chi connectivity index (χ2v) is 24.5. The molecule has 2 bridgehead atoms. The summed E-state index contributed by atoms with van der Waals surface area (Å²) in [4.78, 5) is 0. The molecule has 0 aromatic carbocycles. The monoisotopic (exact) mass is 506 g/mol. The number of rotatable bonds is 0. The molecule has 0 radical (unpaired) electrons. The second-order valence-electron chi connectivity index (χ2n) is 5.73. The van der Waals surface area contributed by atoms with Gasteiger partial charge in [0.2, 0.25) is 0 Å². The summed E-state index contributed by atoms with van der Waals surface area (Å²) in [5.74, 6) is 0.713.